The van der Waals surface area contributed by atoms with E-state index in [0.717, 1.165) is 25.6 Å². The number of carbonyl (C=O) groups is 1. The molecular formula is C13H17NO3S. The lowest BCUT2D eigenvalue weighted by molar-refractivity contribution is 0.0971. The maximum absolute atomic E-state index is 12.0. The van der Waals surface area contributed by atoms with Gasteiger partial charge in [0.25, 0.3) is 0 Å². The number of hydrogen-bond donors (Lipinski definition) is 1. The summed E-state index contributed by atoms with van der Waals surface area (Å²) >= 11 is 0. The predicted octanol–water partition coefficient (Wildman–Crippen LogP) is 1.41. The number of benzene rings is 1. The van der Waals surface area contributed by atoms with Crippen molar-refractivity contribution in [3.8, 4) is 0 Å². The first kappa shape index (κ1) is 13.2. The maximum atomic E-state index is 12.0. The van der Waals surface area contributed by atoms with Crippen LogP contribution in [0.15, 0.2) is 29.2 Å². The molecule has 1 N–H and O–H groups in total. The molecule has 1 heterocycles. The molecule has 0 aliphatic carbocycles. The highest BCUT2D eigenvalue weighted by Crippen LogP contribution is 2.15. The van der Waals surface area contributed by atoms with Crippen molar-refractivity contribution in [1.82, 2.24) is 5.32 Å². The van der Waals surface area contributed by atoms with Crippen LogP contribution >= 0.6 is 0 Å². The van der Waals surface area contributed by atoms with Gasteiger partial charge in [-0.3, -0.25) is 4.79 Å². The Bertz CT molecular complexity index is 528. The largest absolute Gasteiger partial charge is 0.314 e. The second kappa shape index (κ2) is 5.20. The first-order chi connectivity index (χ1) is 8.47. The summed E-state index contributed by atoms with van der Waals surface area (Å²) in [7, 11) is -3.19. The normalized spacial score (nSPS) is 19.9. The summed E-state index contributed by atoms with van der Waals surface area (Å²) < 4.78 is 22.6. The number of carbonyl (C=O) groups excluding carboxylic acids is 1. The molecule has 0 saturated carbocycles. The SMILES string of the molecule is CS(=O)(=O)c1ccc(C(=O)CC2CCCN2)cc1. The van der Waals surface area contributed by atoms with Crippen LogP contribution in [-0.2, 0) is 9.84 Å². The Morgan fingerprint density at radius 3 is 2.50 bits per heavy atom. The molecule has 0 amide bonds. The molecular weight excluding hydrogens is 250 g/mol. The van der Waals surface area contributed by atoms with Crippen molar-refractivity contribution in [3.63, 3.8) is 0 Å². The highest BCUT2D eigenvalue weighted by atomic mass is 32.2. The zero-order valence-electron chi connectivity index (χ0n) is 10.3. The zero-order valence-corrected chi connectivity index (χ0v) is 11.2. The van der Waals surface area contributed by atoms with Crippen molar-refractivity contribution < 1.29 is 13.2 Å². The van der Waals surface area contributed by atoms with Crippen LogP contribution < -0.4 is 5.32 Å². The van der Waals surface area contributed by atoms with E-state index in [4.69, 9.17) is 0 Å². The van der Waals surface area contributed by atoms with Gasteiger partial charge in [-0.05, 0) is 31.5 Å². The number of hydrogen-bond acceptors (Lipinski definition) is 4. The average Bonchev–Trinajstić information content (AvgIpc) is 2.81. The predicted molar refractivity (Wildman–Crippen MR) is 69.5 cm³/mol. The molecule has 0 bridgehead atoms. The van der Waals surface area contributed by atoms with Gasteiger partial charge in [-0.2, -0.15) is 0 Å². The second-order valence-corrected chi connectivity index (χ2v) is 6.73. The Morgan fingerprint density at radius 1 is 1.33 bits per heavy atom. The lowest BCUT2D eigenvalue weighted by atomic mass is 10.0. The van der Waals surface area contributed by atoms with E-state index >= 15 is 0 Å². The fourth-order valence-electron chi connectivity index (χ4n) is 2.16. The highest BCUT2D eigenvalue weighted by Gasteiger charge is 2.18. The van der Waals surface area contributed by atoms with Gasteiger partial charge in [0.2, 0.25) is 0 Å². The summed E-state index contributed by atoms with van der Waals surface area (Å²) in [4.78, 5) is 12.2. The first-order valence-electron chi connectivity index (χ1n) is 6.03. The van der Waals surface area contributed by atoms with Crippen LogP contribution in [0.25, 0.3) is 0 Å². The molecule has 0 radical (unpaired) electrons. The van der Waals surface area contributed by atoms with Crippen molar-refractivity contribution in [2.45, 2.75) is 30.2 Å². The third kappa shape index (κ3) is 3.17. The number of rotatable bonds is 4. The van der Waals surface area contributed by atoms with Gasteiger partial charge in [0, 0.05) is 24.3 Å². The van der Waals surface area contributed by atoms with Gasteiger partial charge >= 0.3 is 0 Å². The Hall–Kier alpha value is -1.20. The van der Waals surface area contributed by atoms with E-state index in [1.165, 1.54) is 12.1 Å². The van der Waals surface area contributed by atoms with Gasteiger partial charge in [-0.25, -0.2) is 8.42 Å². The van der Waals surface area contributed by atoms with E-state index in [9.17, 15) is 13.2 Å². The van der Waals surface area contributed by atoms with E-state index < -0.39 is 9.84 Å². The van der Waals surface area contributed by atoms with Crippen molar-refractivity contribution in [1.29, 1.82) is 0 Å². The van der Waals surface area contributed by atoms with Crippen molar-refractivity contribution >= 4 is 15.6 Å². The van der Waals surface area contributed by atoms with E-state index in [-0.39, 0.29) is 16.7 Å². The van der Waals surface area contributed by atoms with E-state index in [1.807, 2.05) is 0 Å². The van der Waals surface area contributed by atoms with Crippen LogP contribution in [0.3, 0.4) is 0 Å². The van der Waals surface area contributed by atoms with Gasteiger partial charge in [-0.15, -0.1) is 0 Å². The van der Waals surface area contributed by atoms with Gasteiger partial charge in [0.05, 0.1) is 4.90 Å². The molecule has 2 rings (SSSR count). The van der Waals surface area contributed by atoms with Gasteiger partial charge < -0.3 is 5.32 Å². The lowest BCUT2D eigenvalue weighted by Crippen LogP contribution is -2.24. The number of sulfone groups is 1. The topological polar surface area (TPSA) is 63.2 Å². The monoisotopic (exact) mass is 267 g/mol. The Balaban J connectivity index is 2.07. The minimum absolute atomic E-state index is 0.0643. The fourth-order valence-corrected chi connectivity index (χ4v) is 2.79. The summed E-state index contributed by atoms with van der Waals surface area (Å²) in [5.41, 5.74) is 0.580. The van der Waals surface area contributed by atoms with Crippen LogP contribution in [0.2, 0.25) is 0 Å². The van der Waals surface area contributed by atoms with E-state index in [0.29, 0.717) is 12.0 Å². The molecule has 4 nitrogen and oxygen atoms in total. The smallest absolute Gasteiger partial charge is 0.175 e. The Kier molecular flexibility index (Phi) is 3.82. The molecule has 1 aliphatic heterocycles. The minimum Gasteiger partial charge on any atom is -0.314 e. The Labute approximate surface area is 107 Å². The van der Waals surface area contributed by atoms with Crippen molar-refractivity contribution in [2.75, 3.05) is 12.8 Å². The molecule has 1 atom stereocenters. The first-order valence-corrected chi connectivity index (χ1v) is 7.92. The zero-order chi connectivity index (χ0) is 13.2. The quantitative estimate of drug-likeness (QED) is 0.838. The molecule has 1 aliphatic rings. The van der Waals surface area contributed by atoms with Crippen LogP contribution in [0, 0.1) is 0 Å². The molecule has 1 unspecified atom stereocenters. The standard InChI is InChI=1S/C13H17NO3S/c1-18(16,17)12-6-4-10(5-7-12)13(15)9-11-3-2-8-14-11/h4-7,11,14H,2-3,8-9H2,1H3. The van der Waals surface area contributed by atoms with Crippen LogP contribution in [0.1, 0.15) is 29.6 Å². The molecule has 0 aromatic heterocycles. The van der Waals surface area contributed by atoms with Crippen LogP contribution in [-0.4, -0.2) is 33.0 Å². The molecule has 18 heavy (non-hydrogen) atoms. The third-order valence-corrected chi connectivity index (χ3v) is 4.33. The average molecular weight is 267 g/mol. The minimum atomic E-state index is -3.19. The highest BCUT2D eigenvalue weighted by molar-refractivity contribution is 7.90. The molecule has 1 aromatic rings. The summed E-state index contributed by atoms with van der Waals surface area (Å²) in [5.74, 6) is 0.0643. The van der Waals surface area contributed by atoms with Gasteiger partial charge in [0.15, 0.2) is 15.6 Å². The molecule has 0 spiro atoms. The Morgan fingerprint density at radius 2 is 2.00 bits per heavy atom. The summed E-state index contributed by atoms with van der Waals surface area (Å²) in [6, 6.07) is 6.43. The van der Waals surface area contributed by atoms with Crippen LogP contribution in [0.4, 0.5) is 0 Å². The molecule has 5 heteroatoms. The summed E-state index contributed by atoms with van der Waals surface area (Å²) in [6.45, 7) is 0.977. The van der Waals surface area contributed by atoms with Crippen LogP contribution in [0.5, 0.6) is 0 Å². The van der Waals surface area contributed by atoms with Crippen molar-refractivity contribution in [3.05, 3.63) is 29.8 Å². The second-order valence-electron chi connectivity index (χ2n) is 4.72. The van der Waals surface area contributed by atoms with E-state index in [1.54, 1.807) is 12.1 Å². The van der Waals surface area contributed by atoms with Gasteiger partial charge in [-0.1, -0.05) is 12.1 Å². The number of nitrogens with one attached hydrogen (secondary N) is 1. The molecule has 1 saturated heterocycles. The number of Topliss-reactive ketones (excluding diaryl/α,β-unsaturated/α-hetero) is 1. The fraction of sp³-hybridized carbons (Fsp3) is 0.462. The molecule has 1 aromatic carbocycles. The van der Waals surface area contributed by atoms with Crippen molar-refractivity contribution in [2.24, 2.45) is 0 Å². The summed E-state index contributed by atoms with van der Waals surface area (Å²) in [6.07, 6.45) is 3.79. The number of ketones is 1. The van der Waals surface area contributed by atoms with Gasteiger partial charge in [0.1, 0.15) is 0 Å². The molecule has 1 fully saturated rings. The summed E-state index contributed by atoms with van der Waals surface area (Å²) in [5, 5.41) is 3.28. The molecule has 98 valence electrons. The lowest BCUT2D eigenvalue weighted by Gasteiger charge is -2.09. The van der Waals surface area contributed by atoms with E-state index in [2.05, 4.69) is 5.32 Å². The maximum Gasteiger partial charge on any atom is 0.175 e. The third-order valence-electron chi connectivity index (χ3n) is 3.20.